The quantitative estimate of drug-likeness (QED) is 0.268. The summed E-state index contributed by atoms with van der Waals surface area (Å²) in [6, 6.07) is 10.5. The molecule has 0 heterocycles. The van der Waals surface area contributed by atoms with Crippen molar-refractivity contribution in [3.63, 3.8) is 0 Å². The normalized spacial score (nSPS) is 23.3. The molecule has 1 aliphatic carbocycles. The maximum atomic E-state index is 5.30. The van der Waals surface area contributed by atoms with Gasteiger partial charge in [-0.25, -0.2) is 0 Å². The van der Waals surface area contributed by atoms with Gasteiger partial charge in [-0.15, -0.1) is 0 Å². The van der Waals surface area contributed by atoms with Crippen LogP contribution < -0.4 is 18.9 Å². The molecule has 0 radical (unpaired) electrons. The molecule has 15 heavy (non-hydrogen) atoms. The predicted molar refractivity (Wildman–Crippen MR) is 54.8 cm³/mol. The molecular formula is C12H15LiO2. The van der Waals surface area contributed by atoms with Crippen LogP contribution in [-0.4, -0.2) is 20.5 Å². The average Bonchev–Trinajstić information content (AvgIpc) is 2.99. The van der Waals surface area contributed by atoms with Gasteiger partial charge in [0.2, 0.25) is 0 Å². The van der Waals surface area contributed by atoms with E-state index in [1.807, 2.05) is 6.07 Å². The van der Waals surface area contributed by atoms with Crippen molar-refractivity contribution < 1.29 is 28.3 Å². The van der Waals surface area contributed by atoms with Crippen molar-refractivity contribution in [2.45, 2.75) is 5.92 Å². The van der Waals surface area contributed by atoms with Crippen LogP contribution in [0.5, 0.6) is 0 Å². The Labute approximate surface area is 103 Å². The largest absolute Gasteiger partial charge is 1.00 e. The van der Waals surface area contributed by atoms with Gasteiger partial charge in [-0.05, 0) is 0 Å². The van der Waals surface area contributed by atoms with E-state index in [4.69, 9.17) is 9.47 Å². The summed E-state index contributed by atoms with van der Waals surface area (Å²) in [5.41, 5.74) is 1.39. The predicted octanol–water partition coefficient (Wildman–Crippen LogP) is -0.771. The third-order valence-corrected chi connectivity index (χ3v) is 2.47. The van der Waals surface area contributed by atoms with Gasteiger partial charge in [-0.3, -0.25) is 0 Å². The average molecular weight is 198 g/mol. The number of methoxy groups -OCH3 is 1. The molecule has 0 aromatic heterocycles. The molecule has 0 unspecified atom stereocenters. The van der Waals surface area contributed by atoms with Gasteiger partial charge in [0.15, 0.2) is 0 Å². The topological polar surface area (TPSA) is 18.5 Å². The molecule has 1 aromatic carbocycles. The van der Waals surface area contributed by atoms with Crippen LogP contribution in [0.4, 0.5) is 0 Å². The van der Waals surface area contributed by atoms with E-state index in [0.717, 1.165) is 6.61 Å². The summed E-state index contributed by atoms with van der Waals surface area (Å²) in [4.78, 5) is 0. The molecule has 0 N–H and O–H groups in total. The van der Waals surface area contributed by atoms with Crippen LogP contribution in [0, 0.1) is 12.3 Å². The minimum Gasteiger partial charge on any atom is -0.359 e. The molecule has 2 atom stereocenters. The molecule has 1 saturated carbocycles. The molecule has 3 heteroatoms. The van der Waals surface area contributed by atoms with Gasteiger partial charge in [0, 0.05) is 13.7 Å². The Balaban J connectivity index is 0.00000112. The zero-order chi connectivity index (χ0) is 9.80. The van der Waals surface area contributed by atoms with E-state index in [1.165, 1.54) is 5.56 Å². The first kappa shape index (κ1) is 12.8. The van der Waals surface area contributed by atoms with Gasteiger partial charge in [-0.2, -0.15) is 11.8 Å². The minimum atomic E-state index is 0. The van der Waals surface area contributed by atoms with Crippen molar-refractivity contribution in [3.05, 3.63) is 42.3 Å². The van der Waals surface area contributed by atoms with Gasteiger partial charge >= 0.3 is 18.9 Å². The number of hydrogen-bond acceptors (Lipinski definition) is 2. The van der Waals surface area contributed by atoms with E-state index < -0.39 is 0 Å². The van der Waals surface area contributed by atoms with Crippen molar-refractivity contribution in [3.8, 4) is 0 Å². The molecule has 0 aliphatic heterocycles. The Morgan fingerprint density at radius 2 is 2.00 bits per heavy atom. The van der Waals surface area contributed by atoms with Crippen LogP contribution in [-0.2, 0) is 9.47 Å². The van der Waals surface area contributed by atoms with E-state index in [1.54, 1.807) is 7.11 Å². The van der Waals surface area contributed by atoms with Gasteiger partial charge < -0.3 is 15.9 Å². The fraction of sp³-hybridized carbons (Fsp3) is 0.417. The van der Waals surface area contributed by atoms with E-state index in [9.17, 15) is 0 Å². The number of hydrogen-bond donors (Lipinski definition) is 0. The van der Waals surface area contributed by atoms with Gasteiger partial charge in [0.25, 0.3) is 0 Å². The molecule has 0 spiro atoms. The second-order valence-electron chi connectivity index (χ2n) is 3.57. The Hall–Kier alpha value is -0.263. The molecule has 76 valence electrons. The third-order valence-electron chi connectivity index (χ3n) is 2.47. The summed E-state index contributed by atoms with van der Waals surface area (Å²) in [7, 11) is 1.64. The monoisotopic (exact) mass is 198 g/mol. The Morgan fingerprint density at radius 1 is 1.27 bits per heavy atom. The van der Waals surface area contributed by atoms with Crippen molar-refractivity contribution >= 4 is 0 Å². The van der Waals surface area contributed by atoms with E-state index >= 15 is 0 Å². The van der Waals surface area contributed by atoms with Crippen LogP contribution in [0.25, 0.3) is 0 Å². The molecule has 0 amide bonds. The van der Waals surface area contributed by atoms with Gasteiger partial charge in [-0.1, -0.05) is 35.9 Å². The van der Waals surface area contributed by atoms with Crippen molar-refractivity contribution in [1.29, 1.82) is 0 Å². The van der Waals surface area contributed by atoms with E-state index in [0.29, 0.717) is 18.6 Å². The fourth-order valence-corrected chi connectivity index (χ4v) is 1.66. The third kappa shape index (κ3) is 3.66. The van der Waals surface area contributed by atoms with E-state index in [2.05, 4.69) is 30.7 Å². The maximum Gasteiger partial charge on any atom is 1.00 e. The first-order valence-electron chi connectivity index (χ1n) is 4.88. The van der Waals surface area contributed by atoms with E-state index in [-0.39, 0.29) is 18.9 Å². The number of ether oxygens (including phenoxy) is 2. The summed E-state index contributed by atoms with van der Waals surface area (Å²) in [6.45, 7) is 1.17. The SMILES string of the molecule is COCOC[C@@H]1[CH-][C@H]1c1ccccc1.[Li+]. The Bertz CT molecular complexity index is 276. The second-order valence-corrected chi connectivity index (χ2v) is 3.57. The number of rotatable bonds is 5. The number of benzene rings is 1. The molecule has 1 aromatic rings. The zero-order valence-corrected chi connectivity index (χ0v) is 9.35. The first-order valence-corrected chi connectivity index (χ1v) is 4.88. The van der Waals surface area contributed by atoms with Crippen LogP contribution in [0.15, 0.2) is 30.3 Å². The zero-order valence-electron chi connectivity index (χ0n) is 9.35. The Morgan fingerprint density at radius 3 is 2.67 bits per heavy atom. The summed E-state index contributed by atoms with van der Waals surface area (Å²) in [5.74, 6) is 1.17. The smallest absolute Gasteiger partial charge is 0.359 e. The summed E-state index contributed by atoms with van der Waals surface area (Å²) in [5, 5.41) is 0. The second kappa shape index (κ2) is 6.35. The summed E-state index contributed by atoms with van der Waals surface area (Å²) in [6.07, 6.45) is 2.31. The molecular weight excluding hydrogens is 183 g/mol. The van der Waals surface area contributed by atoms with Crippen LogP contribution in [0.1, 0.15) is 11.5 Å². The summed E-state index contributed by atoms with van der Waals surface area (Å²) >= 11 is 0. The molecule has 0 bridgehead atoms. The van der Waals surface area contributed by atoms with Crippen LogP contribution in [0.2, 0.25) is 0 Å². The van der Waals surface area contributed by atoms with Crippen molar-refractivity contribution in [1.82, 2.24) is 0 Å². The van der Waals surface area contributed by atoms with Gasteiger partial charge in [0.05, 0.1) is 0 Å². The Kier molecular flexibility index (Phi) is 5.42. The molecule has 1 fully saturated rings. The molecule has 0 saturated heterocycles. The fourth-order valence-electron chi connectivity index (χ4n) is 1.66. The molecule has 2 rings (SSSR count). The van der Waals surface area contributed by atoms with Crippen LogP contribution >= 0.6 is 0 Å². The standard InChI is InChI=1S/C12H15O2.Li/c1-13-9-14-8-11-7-12(11)10-5-3-2-4-6-10;/h2-7,11-12H,8-9H2,1H3;/q-1;+1/t11-,12-;/m0./s1. The summed E-state index contributed by atoms with van der Waals surface area (Å²) < 4.78 is 10.1. The van der Waals surface area contributed by atoms with Crippen molar-refractivity contribution in [2.24, 2.45) is 5.92 Å². The maximum absolute atomic E-state index is 5.30. The first-order chi connectivity index (χ1) is 6.92. The van der Waals surface area contributed by atoms with Crippen molar-refractivity contribution in [2.75, 3.05) is 20.5 Å². The van der Waals surface area contributed by atoms with Crippen LogP contribution in [0.3, 0.4) is 0 Å². The molecule has 1 aliphatic rings. The minimum absolute atomic E-state index is 0. The molecule has 2 nitrogen and oxygen atoms in total. The van der Waals surface area contributed by atoms with Gasteiger partial charge in [0.1, 0.15) is 6.79 Å².